The van der Waals surface area contributed by atoms with Crippen LogP contribution >= 0.6 is 15.9 Å². The van der Waals surface area contributed by atoms with E-state index in [-0.39, 0.29) is 0 Å². The summed E-state index contributed by atoms with van der Waals surface area (Å²) in [5.74, 6) is -2.42. The first kappa shape index (κ1) is 18.0. The number of methoxy groups -OCH3 is 2. The van der Waals surface area contributed by atoms with E-state index in [1.165, 1.54) is 14.2 Å². The van der Waals surface area contributed by atoms with Gasteiger partial charge in [0.05, 0.1) is 20.3 Å². The molecule has 126 valence electrons. The number of hydrogen-bond donors (Lipinski definition) is 1. The molecular weight excluding hydrogens is 374 g/mol. The summed E-state index contributed by atoms with van der Waals surface area (Å²) in [4.78, 5) is 24.4. The molecule has 0 amide bonds. The predicted molar refractivity (Wildman–Crippen MR) is 94.5 cm³/mol. The molecule has 5 nitrogen and oxygen atoms in total. The SMILES string of the molecule is COC(=O)C(C(=O)OC)[C@@H](Nc1ccc(Br)cc1)c1ccccc1. The first-order valence-electron chi connectivity index (χ1n) is 7.29. The molecule has 0 bridgehead atoms. The van der Waals surface area contributed by atoms with Gasteiger partial charge in [0.1, 0.15) is 0 Å². The van der Waals surface area contributed by atoms with Crippen LogP contribution in [-0.2, 0) is 19.1 Å². The van der Waals surface area contributed by atoms with Crippen molar-refractivity contribution in [1.82, 2.24) is 0 Å². The lowest BCUT2D eigenvalue weighted by Gasteiger charge is -2.26. The zero-order valence-electron chi connectivity index (χ0n) is 13.4. The summed E-state index contributed by atoms with van der Waals surface area (Å²) in [5.41, 5.74) is 1.55. The van der Waals surface area contributed by atoms with E-state index < -0.39 is 23.9 Å². The van der Waals surface area contributed by atoms with E-state index in [1.54, 1.807) is 0 Å². The quantitative estimate of drug-likeness (QED) is 0.602. The average Bonchev–Trinajstić information content (AvgIpc) is 2.63. The van der Waals surface area contributed by atoms with E-state index in [1.807, 2.05) is 54.6 Å². The highest BCUT2D eigenvalue weighted by Crippen LogP contribution is 2.29. The lowest BCUT2D eigenvalue weighted by atomic mass is 9.92. The van der Waals surface area contributed by atoms with Gasteiger partial charge in [0, 0.05) is 10.2 Å². The Morgan fingerprint density at radius 1 is 0.917 bits per heavy atom. The molecule has 0 aliphatic rings. The predicted octanol–water partition coefficient (Wildman–Crippen LogP) is 3.56. The number of hydrogen-bond acceptors (Lipinski definition) is 5. The monoisotopic (exact) mass is 391 g/mol. The van der Waals surface area contributed by atoms with Gasteiger partial charge in [0.25, 0.3) is 0 Å². The standard InChI is InChI=1S/C18H18BrNO4/c1-23-17(21)15(18(22)24-2)16(12-6-4-3-5-7-12)20-14-10-8-13(19)9-11-14/h3-11,15-16,20H,1-2H3/t16-/m0/s1. The van der Waals surface area contributed by atoms with Crippen molar-refractivity contribution in [2.45, 2.75) is 6.04 Å². The molecule has 0 saturated heterocycles. The summed E-state index contributed by atoms with van der Waals surface area (Å²) in [6.07, 6.45) is 0. The van der Waals surface area contributed by atoms with Crippen molar-refractivity contribution in [2.75, 3.05) is 19.5 Å². The van der Waals surface area contributed by atoms with Crippen molar-refractivity contribution in [1.29, 1.82) is 0 Å². The zero-order chi connectivity index (χ0) is 17.5. The number of ether oxygens (including phenoxy) is 2. The Bertz CT molecular complexity index is 672. The molecule has 2 aromatic carbocycles. The highest BCUT2D eigenvalue weighted by molar-refractivity contribution is 9.10. The Hall–Kier alpha value is -2.34. The summed E-state index contributed by atoms with van der Waals surface area (Å²) >= 11 is 3.38. The molecule has 0 radical (unpaired) electrons. The second-order valence-corrected chi connectivity index (χ2v) is 5.98. The van der Waals surface area contributed by atoms with Gasteiger partial charge in [-0.3, -0.25) is 9.59 Å². The number of halogens is 1. The normalized spacial score (nSPS) is 11.7. The van der Waals surface area contributed by atoms with Gasteiger partial charge in [-0.15, -0.1) is 0 Å². The lowest BCUT2D eigenvalue weighted by Crippen LogP contribution is -2.35. The number of nitrogens with one attached hydrogen (secondary N) is 1. The van der Waals surface area contributed by atoms with Gasteiger partial charge in [0.15, 0.2) is 5.92 Å². The molecule has 2 rings (SSSR count). The largest absolute Gasteiger partial charge is 0.468 e. The van der Waals surface area contributed by atoms with Crippen LogP contribution < -0.4 is 5.32 Å². The van der Waals surface area contributed by atoms with Gasteiger partial charge in [-0.05, 0) is 29.8 Å². The van der Waals surface area contributed by atoms with E-state index in [2.05, 4.69) is 21.2 Å². The van der Waals surface area contributed by atoms with Crippen LogP contribution in [0.1, 0.15) is 11.6 Å². The van der Waals surface area contributed by atoms with Gasteiger partial charge in [-0.2, -0.15) is 0 Å². The first-order chi connectivity index (χ1) is 11.6. The highest BCUT2D eigenvalue weighted by Gasteiger charge is 2.38. The zero-order valence-corrected chi connectivity index (χ0v) is 14.9. The van der Waals surface area contributed by atoms with E-state index in [0.29, 0.717) is 0 Å². The molecule has 0 heterocycles. The minimum absolute atomic E-state index is 0.618. The summed E-state index contributed by atoms with van der Waals surface area (Å²) in [6, 6.07) is 16.1. The molecule has 0 saturated carbocycles. The molecular formula is C18H18BrNO4. The third kappa shape index (κ3) is 4.35. The number of rotatable bonds is 6. The van der Waals surface area contributed by atoms with Gasteiger partial charge >= 0.3 is 11.9 Å². The van der Waals surface area contributed by atoms with Crippen LogP contribution in [0.15, 0.2) is 59.1 Å². The van der Waals surface area contributed by atoms with Gasteiger partial charge in [-0.25, -0.2) is 0 Å². The molecule has 1 N–H and O–H groups in total. The minimum Gasteiger partial charge on any atom is -0.468 e. The Balaban J connectivity index is 2.42. The summed E-state index contributed by atoms with van der Waals surface area (Å²) in [7, 11) is 2.50. The van der Waals surface area contributed by atoms with Crippen molar-refractivity contribution < 1.29 is 19.1 Å². The van der Waals surface area contributed by atoms with E-state index in [4.69, 9.17) is 9.47 Å². The maximum absolute atomic E-state index is 12.2. The van der Waals surface area contributed by atoms with Crippen LogP contribution in [0.25, 0.3) is 0 Å². The van der Waals surface area contributed by atoms with Crippen LogP contribution in [0.5, 0.6) is 0 Å². The van der Waals surface area contributed by atoms with Crippen molar-refractivity contribution in [3.05, 3.63) is 64.6 Å². The van der Waals surface area contributed by atoms with Crippen molar-refractivity contribution in [2.24, 2.45) is 5.92 Å². The fraction of sp³-hybridized carbons (Fsp3) is 0.222. The second-order valence-electron chi connectivity index (χ2n) is 5.06. The Morgan fingerprint density at radius 2 is 1.46 bits per heavy atom. The molecule has 0 aliphatic heterocycles. The van der Waals surface area contributed by atoms with Crippen LogP contribution in [0, 0.1) is 5.92 Å². The summed E-state index contributed by atoms with van der Waals surface area (Å²) in [6.45, 7) is 0. The van der Waals surface area contributed by atoms with Gasteiger partial charge in [0.2, 0.25) is 0 Å². The maximum atomic E-state index is 12.2. The number of benzene rings is 2. The summed E-state index contributed by atoms with van der Waals surface area (Å²) < 4.78 is 10.5. The Kier molecular flexibility index (Phi) is 6.37. The fourth-order valence-electron chi connectivity index (χ4n) is 2.37. The van der Waals surface area contributed by atoms with Crippen molar-refractivity contribution in [3.8, 4) is 0 Å². The third-order valence-electron chi connectivity index (χ3n) is 3.57. The van der Waals surface area contributed by atoms with Crippen LogP contribution in [0.2, 0.25) is 0 Å². The molecule has 0 fully saturated rings. The number of carbonyl (C=O) groups is 2. The van der Waals surface area contributed by atoms with Crippen molar-refractivity contribution >= 4 is 33.6 Å². The minimum atomic E-state index is -1.12. The number of esters is 2. The molecule has 24 heavy (non-hydrogen) atoms. The second kappa shape index (κ2) is 8.49. The molecule has 6 heteroatoms. The molecule has 2 aromatic rings. The smallest absolute Gasteiger partial charge is 0.322 e. The van der Waals surface area contributed by atoms with Gasteiger partial charge < -0.3 is 14.8 Å². The van der Waals surface area contributed by atoms with E-state index in [0.717, 1.165) is 15.7 Å². The fourth-order valence-corrected chi connectivity index (χ4v) is 2.63. The van der Waals surface area contributed by atoms with E-state index in [9.17, 15) is 9.59 Å². The molecule has 0 aliphatic carbocycles. The summed E-state index contributed by atoms with van der Waals surface area (Å²) in [5, 5.41) is 3.23. The van der Waals surface area contributed by atoms with Gasteiger partial charge in [-0.1, -0.05) is 46.3 Å². The van der Waals surface area contributed by atoms with Crippen LogP contribution in [0.4, 0.5) is 5.69 Å². The van der Waals surface area contributed by atoms with Crippen molar-refractivity contribution in [3.63, 3.8) is 0 Å². The molecule has 0 aromatic heterocycles. The average molecular weight is 392 g/mol. The third-order valence-corrected chi connectivity index (χ3v) is 4.10. The number of anilines is 1. The molecule has 0 spiro atoms. The lowest BCUT2D eigenvalue weighted by molar-refractivity contribution is -0.159. The molecule has 0 unspecified atom stereocenters. The molecule has 1 atom stereocenters. The highest BCUT2D eigenvalue weighted by atomic mass is 79.9. The first-order valence-corrected chi connectivity index (χ1v) is 8.09. The topological polar surface area (TPSA) is 64.6 Å². The Labute approximate surface area is 149 Å². The van der Waals surface area contributed by atoms with E-state index >= 15 is 0 Å². The van der Waals surface area contributed by atoms with Crippen LogP contribution in [0.3, 0.4) is 0 Å². The Morgan fingerprint density at radius 3 is 1.96 bits per heavy atom. The van der Waals surface area contributed by atoms with Crippen LogP contribution in [-0.4, -0.2) is 26.2 Å². The number of carbonyl (C=O) groups excluding carboxylic acids is 2. The maximum Gasteiger partial charge on any atom is 0.322 e.